The maximum atomic E-state index is 10.8. The van der Waals surface area contributed by atoms with E-state index < -0.39 is 12.2 Å². The molecule has 2 aliphatic rings. The molecule has 2 aliphatic heterocycles. The molecule has 41 heavy (non-hydrogen) atoms. The minimum absolute atomic E-state index is 0.0219. The number of benzene rings is 4. The van der Waals surface area contributed by atoms with E-state index >= 15 is 0 Å². The molecule has 0 saturated heterocycles. The molecule has 0 fully saturated rings. The van der Waals surface area contributed by atoms with E-state index in [0.29, 0.717) is 37.5 Å². The minimum atomic E-state index is -0.611. The summed E-state index contributed by atoms with van der Waals surface area (Å²) in [7, 11) is 3.09. The lowest BCUT2D eigenvalue weighted by molar-refractivity contribution is -0.0117. The van der Waals surface area contributed by atoms with Crippen molar-refractivity contribution in [3.05, 3.63) is 104 Å². The first kappa shape index (κ1) is 27.4. The Balaban J connectivity index is 1.64. The molecule has 4 aromatic rings. The molecule has 4 aromatic carbocycles. The van der Waals surface area contributed by atoms with Gasteiger partial charge in [-0.2, -0.15) is 0 Å². The first-order valence-electron chi connectivity index (χ1n) is 12.9. The average molecular weight is 682 g/mol. The normalized spacial score (nSPS) is 20.8. The number of methoxy groups -OCH3 is 2. The number of phenolic OH excluding ortho intramolecular Hbond substituents is 3. The molecule has 2 heterocycles. The lowest BCUT2D eigenvalue weighted by Gasteiger charge is -2.47. The lowest BCUT2D eigenvalue weighted by atomic mass is 9.71. The molecule has 0 unspecified atom stereocenters. The van der Waals surface area contributed by atoms with Crippen molar-refractivity contribution in [1.82, 2.24) is 0 Å². The fourth-order valence-corrected chi connectivity index (χ4v) is 6.57. The number of fused-ring (bicyclic) bond motifs is 4. The summed E-state index contributed by atoms with van der Waals surface area (Å²) < 4.78 is 25.8. The van der Waals surface area contributed by atoms with Gasteiger partial charge in [-0.15, -0.1) is 0 Å². The van der Waals surface area contributed by atoms with Crippen molar-refractivity contribution in [2.24, 2.45) is 5.92 Å². The van der Waals surface area contributed by atoms with E-state index in [1.807, 2.05) is 48.5 Å². The molecule has 4 atom stereocenters. The summed E-state index contributed by atoms with van der Waals surface area (Å²) in [6.07, 6.45) is 2.94. The molecule has 0 amide bonds. The highest BCUT2D eigenvalue weighted by molar-refractivity contribution is 9.11. The van der Waals surface area contributed by atoms with Crippen molar-refractivity contribution in [1.29, 1.82) is 0 Å². The summed E-state index contributed by atoms with van der Waals surface area (Å²) in [6.45, 7) is 0. The Morgan fingerprint density at radius 1 is 0.732 bits per heavy atom. The van der Waals surface area contributed by atoms with Gasteiger partial charge in [0.25, 0.3) is 0 Å². The van der Waals surface area contributed by atoms with Gasteiger partial charge in [0, 0.05) is 23.6 Å². The fraction of sp³-hybridized carbons (Fsp3) is 0.188. The number of hydrogen-bond donors (Lipinski definition) is 3. The van der Waals surface area contributed by atoms with Gasteiger partial charge < -0.3 is 34.3 Å². The van der Waals surface area contributed by atoms with Crippen LogP contribution in [-0.4, -0.2) is 29.5 Å². The molecule has 0 aromatic heterocycles. The molecule has 9 heteroatoms. The smallest absolute Gasteiger partial charge is 0.148 e. The SMILES string of the molecule is COc1cc(O)c(Br)c2c1[C@@H](/C=C/c1ccc(O)cc1)[C@@H]1[C@@H](c3ccccc3)Oc3c(Br)c(O)cc(OC)c3[C@@H]1O2. The topological polar surface area (TPSA) is 97.6 Å². The van der Waals surface area contributed by atoms with Gasteiger partial charge in [0.05, 0.1) is 25.7 Å². The summed E-state index contributed by atoms with van der Waals surface area (Å²) >= 11 is 7.06. The molecule has 0 aliphatic carbocycles. The Labute approximate surface area is 253 Å². The van der Waals surface area contributed by atoms with Crippen LogP contribution in [0.25, 0.3) is 6.08 Å². The van der Waals surface area contributed by atoms with Crippen LogP contribution in [0.1, 0.15) is 40.4 Å². The van der Waals surface area contributed by atoms with Crippen LogP contribution in [0.3, 0.4) is 0 Å². The first-order chi connectivity index (χ1) is 19.8. The maximum Gasteiger partial charge on any atom is 0.148 e. The van der Waals surface area contributed by atoms with Crippen LogP contribution in [0.15, 0.2) is 81.8 Å². The van der Waals surface area contributed by atoms with Crippen LogP contribution < -0.4 is 18.9 Å². The van der Waals surface area contributed by atoms with Crippen molar-refractivity contribution in [3.63, 3.8) is 0 Å². The van der Waals surface area contributed by atoms with E-state index in [-0.39, 0.29) is 29.1 Å². The van der Waals surface area contributed by atoms with Crippen LogP contribution in [-0.2, 0) is 0 Å². The van der Waals surface area contributed by atoms with Gasteiger partial charge in [0.2, 0.25) is 0 Å². The molecule has 0 radical (unpaired) electrons. The molecule has 0 saturated carbocycles. The Morgan fingerprint density at radius 3 is 1.90 bits per heavy atom. The number of rotatable bonds is 5. The van der Waals surface area contributed by atoms with Crippen molar-refractivity contribution in [3.8, 4) is 40.2 Å². The van der Waals surface area contributed by atoms with Gasteiger partial charge in [-0.05, 0) is 55.1 Å². The number of aromatic hydroxyl groups is 3. The number of ether oxygens (including phenoxy) is 4. The molecule has 0 spiro atoms. The molecule has 210 valence electrons. The zero-order valence-electron chi connectivity index (χ0n) is 22.0. The molecular weight excluding hydrogens is 656 g/mol. The second-order valence-electron chi connectivity index (χ2n) is 9.85. The van der Waals surface area contributed by atoms with Gasteiger partial charge in [0.15, 0.2) is 0 Å². The van der Waals surface area contributed by atoms with Gasteiger partial charge in [-0.1, -0.05) is 54.6 Å². The Kier molecular flexibility index (Phi) is 7.25. The van der Waals surface area contributed by atoms with Crippen molar-refractivity contribution >= 4 is 37.9 Å². The third-order valence-corrected chi connectivity index (χ3v) is 9.12. The lowest BCUT2D eigenvalue weighted by Crippen LogP contribution is -2.39. The maximum absolute atomic E-state index is 10.8. The van der Waals surface area contributed by atoms with Crippen molar-refractivity contribution in [2.75, 3.05) is 14.2 Å². The Hall–Kier alpha value is -3.82. The zero-order chi connectivity index (χ0) is 28.8. The number of hydrogen-bond acceptors (Lipinski definition) is 7. The van der Waals surface area contributed by atoms with Crippen LogP contribution >= 0.6 is 31.9 Å². The van der Waals surface area contributed by atoms with Crippen LogP contribution in [0.2, 0.25) is 0 Å². The molecular formula is C32H26Br2O7. The van der Waals surface area contributed by atoms with Crippen molar-refractivity contribution in [2.45, 2.75) is 18.1 Å². The Bertz CT molecular complexity index is 1640. The van der Waals surface area contributed by atoms with Crippen LogP contribution in [0, 0.1) is 5.92 Å². The van der Waals surface area contributed by atoms with E-state index in [1.165, 1.54) is 13.2 Å². The predicted molar refractivity (Wildman–Crippen MR) is 161 cm³/mol. The van der Waals surface area contributed by atoms with Gasteiger partial charge >= 0.3 is 0 Å². The third-order valence-electron chi connectivity index (χ3n) is 7.58. The van der Waals surface area contributed by atoms with E-state index in [4.69, 9.17) is 18.9 Å². The average Bonchev–Trinajstić information content (AvgIpc) is 2.99. The minimum Gasteiger partial charge on any atom is -0.508 e. The monoisotopic (exact) mass is 680 g/mol. The summed E-state index contributed by atoms with van der Waals surface area (Å²) in [4.78, 5) is 0. The number of halogens is 2. The van der Waals surface area contributed by atoms with E-state index in [9.17, 15) is 15.3 Å². The summed E-state index contributed by atoms with van der Waals surface area (Å²) in [5.41, 5.74) is 3.20. The molecule has 0 bridgehead atoms. The zero-order valence-corrected chi connectivity index (χ0v) is 25.2. The van der Waals surface area contributed by atoms with Gasteiger partial charge in [-0.3, -0.25) is 0 Å². The van der Waals surface area contributed by atoms with Crippen LogP contribution in [0.4, 0.5) is 0 Å². The van der Waals surface area contributed by atoms with Gasteiger partial charge in [-0.25, -0.2) is 0 Å². The quantitative estimate of drug-likeness (QED) is 0.196. The summed E-state index contributed by atoms with van der Waals surface area (Å²) in [6, 6.07) is 19.9. The largest absolute Gasteiger partial charge is 0.508 e. The highest BCUT2D eigenvalue weighted by Crippen LogP contribution is 2.64. The third kappa shape index (κ3) is 4.67. The number of phenols is 3. The standard InChI is InChI=1S/C32H26Br2O7/c1-38-22-14-20(36)27(33)31-24(22)19(13-10-16-8-11-18(35)12-9-16)25-29(17-6-4-3-5-7-17)40-32-26(30(25)41-31)23(39-2)15-21(37)28(32)34/h3-15,19,25,29-30,35-37H,1-2H3/b13-10+/t19-,25-,29-,30-/m1/s1. The first-order valence-corrected chi connectivity index (χ1v) is 14.4. The summed E-state index contributed by atoms with van der Waals surface area (Å²) in [5, 5.41) is 31.3. The van der Waals surface area contributed by atoms with E-state index in [2.05, 4.69) is 37.9 Å². The summed E-state index contributed by atoms with van der Waals surface area (Å²) in [5.74, 6) is 1.21. The predicted octanol–water partition coefficient (Wildman–Crippen LogP) is 8.03. The second kappa shape index (κ2) is 10.9. The van der Waals surface area contributed by atoms with Crippen LogP contribution in [0.5, 0.6) is 40.2 Å². The molecule has 7 nitrogen and oxygen atoms in total. The van der Waals surface area contributed by atoms with E-state index in [0.717, 1.165) is 16.7 Å². The van der Waals surface area contributed by atoms with Crippen molar-refractivity contribution < 1.29 is 34.3 Å². The van der Waals surface area contributed by atoms with E-state index in [1.54, 1.807) is 25.3 Å². The second-order valence-corrected chi connectivity index (χ2v) is 11.4. The van der Waals surface area contributed by atoms with Gasteiger partial charge in [0.1, 0.15) is 61.4 Å². The molecule has 3 N–H and O–H groups in total. The highest BCUT2D eigenvalue weighted by atomic mass is 79.9. The fourth-order valence-electron chi connectivity index (χ4n) is 5.72. The highest BCUT2D eigenvalue weighted by Gasteiger charge is 2.52. The number of allylic oxidation sites excluding steroid dienone is 1. The molecule has 6 rings (SSSR count). The Morgan fingerprint density at radius 2 is 1.29 bits per heavy atom.